The fraction of sp³-hybridized carbons (Fsp3) is 0.222. The number of hydrogen-bond acceptors (Lipinski definition) is 4. The monoisotopic (exact) mass is 328 g/mol. The maximum Gasteiger partial charge on any atom is 0.255 e. The molecule has 6 nitrogen and oxygen atoms in total. The average Bonchev–Trinajstić information content (AvgIpc) is 2.54. The number of aromatic nitrogens is 1. The lowest BCUT2D eigenvalue weighted by atomic mass is 9.81. The first-order chi connectivity index (χ1) is 11.5. The lowest BCUT2D eigenvalue weighted by molar-refractivity contribution is -0.118. The van der Waals surface area contributed by atoms with Crippen LogP contribution in [0.4, 0.5) is 0 Å². The van der Waals surface area contributed by atoms with Crippen molar-refractivity contribution < 1.29 is 15.0 Å². The zero-order valence-electron chi connectivity index (χ0n) is 13.4. The molecule has 1 unspecified atom stereocenters. The molecule has 0 saturated heterocycles. The van der Waals surface area contributed by atoms with E-state index in [4.69, 9.17) is 0 Å². The van der Waals surface area contributed by atoms with Crippen molar-refractivity contribution in [3.05, 3.63) is 76.0 Å². The molecule has 0 saturated carbocycles. The molecule has 1 aromatic rings. The van der Waals surface area contributed by atoms with Gasteiger partial charge in [-0.15, -0.1) is 0 Å². The summed E-state index contributed by atoms with van der Waals surface area (Å²) in [4.78, 5) is 27.2. The molecule has 1 amide bonds. The zero-order chi connectivity index (χ0) is 17.7. The highest BCUT2D eigenvalue weighted by atomic mass is 16.3. The molecule has 2 rings (SSSR count). The van der Waals surface area contributed by atoms with Crippen LogP contribution in [0.5, 0.6) is 5.75 Å². The summed E-state index contributed by atoms with van der Waals surface area (Å²) in [5, 5.41) is 23.1. The molecule has 0 aromatic carbocycles. The maximum atomic E-state index is 12.3. The van der Waals surface area contributed by atoms with Crippen molar-refractivity contribution in [2.75, 3.05) is 6.54 Å². The van der Waals surface area contributed by atoms with E-state index in [2.05, 4.69) is 16.9 Å². The Hall–Kier alpha value is -3.02. The largest absolute Gasteiger partial charge is 0.512 e. The standard InChI is InChI=1S/C18H20N2O4/c1-3-5-6-11(4-2)14(15-12(21)7-9-19-17(15)23)16-13(22)8-10-20-18(16)24/h3-7,9,14,22H,1,8,10H2,2H3,(H,20,24)(H2,19,21,23)/b6-5-,11-4+. The first kappa shape index (κ1) is 17.3. The number of carbonyl (C=O) groups is 1. The fourth-order valence-electron chi connectivity index (χ4n) is 2.73. The Morgan fingerprint density at radius 3 is 2.71 bits per heavy atom. The topological polar surface area (TPSA) is 102 Å². The minimum Gasteiger partial charge on any atom is -0.512 e. The molecule has 1 atom stereocenters. The minimum atomic E-state index is -0.892. The number of aromatic hydroxyl groups is 1. The number of amides is 1. The molecule has 0 bridgehead atoms. The van der Waals surface area contributed by atoms with Crippen LogP contribution in [-0.2, 0) is 4.79 Å². The van der Waals surface area contributed by atoms with E-state index in [1.807, 2.05) is 0 Å². The molecule has 0 aliphatic carbocycles. The molecule has 1 aromatic heterocycles. The van der Waals surface area contributed by atoms with Crippen molar-refractivity contribution in [2.24, 2.45) is 0 Å². The third-order valence-electron chi connectivity index (χ3n) is 3.85. The Bertz CT molecular complexity index is 799. The summed E-state index contributed by atoms with van der Waals surface area (Å²) in [6, 6.07) is 1.34. The number of nitrogens with one attached hydrogen (secondary N) is 2. The fourth-order valence-corrected chi connectivity index (χ4v) is 2.73. The van der Waals surface area contributed by atoms with E-state index in [0.717, 1.165) is 0 Å². The van der Waals surface area contributed by atoms with Gasteiger partial charge in [-0.3, -0.25) is 9.59 Å². The van der Waals surface area contributed by atoms with E-state index < -0.39 is 17.4 Å². The Balaban J connectivity index is 2.76. The quantitative estimate of drug-likeness (QED) is 0.622. The Morgan fingerprint density at radius 2 is 2.12 bits per heavy atom. The molecular formula is C18H20N2O4. The summed E-state index contributed by atoms with van der Waals surface area (Å²) < 4.78 is 0. The predicted molar refractivity (Wildman–Crippen MR) is 91.8 cm³/mol. The zero-order valence-corrected chi connectivity index (χ0v) is 13.4. The van der Waals surface area contributed by atoms with Crippen LogP contribution in [0, 0.1) is 0 Å². The van der Waals surface area contributed by atoms with Gasteiger partial charge in [0.25, 0.3) is 11.5 Å². The van der Waals surface area contributed by atoms with Gasteiger partial charge in [0.1, 0.15) is 11.5 Å². The number of H-pyrrole nitrogens is 1. The van der Waals surface area contributed by atoms with Crippen LogP contribution in [0.3, 0.4) is 0 Å². The number of aliphatic hydroxyl groups is 1. The van der Waals surface area contributed by atoms with Crippen LogP contribution in [0.1, 0.15) is 24.8 Å². The van der Waals surface area contributed by atoms with E-state index in [1.165, 1.54) is 12.3 Å². The number of hydrogen-bond donors (Lipinski definition) is 4. The second kappa shape index (κ2) is 7.50. The molecule has 2 heterocycles. The van der Waals surface area contributed by atoms with Gasteiger partial charge in [-0.05, 0) is 18.6 Å². The predicted octanol–water partition coefficient (Wildman–Crippen LogP) is 2.18. The van der Waals surface area contributed by atoms with Crippen molar-refractivity contribution in [3.63, 3.8) is 0 Å². The van der Waals surface area contributed by atoms with Crippen LogP contribution < -0.4 is 10.9 Å². The molecule has 126 valence electrons. The van der Waals surface area contributed by atoms with Crippen molar-refractivity contribution in [1.82, 2.24) is 10.3 Å². The molecular weight excluding hydrogens is 308 g/mol. The van der Waals surface area contributed by atoms with Gasteiger partial charge in [0.15, 0.2) is 0 Å². The Morgan fingerprint density at radius 1 is 1.38 bits per heavy atom. The first-order valence-corrected chi connectivity index (χ1v) is 7.57. The second-order valence-electron chi connectivity index (χ2n) is 5.29. The third-order valence-corrected chi connectivity index (χ3v) is 3.85. The molecule has 4 N–H and O–H groups in total. The molecule has 1 aliphatic heterocycles. The summed E-state index contributed by atoms with van der Waals surface area (Å²) >= 11 is 0. The van der Waals surface area contributed by atoms with E-state index in [-0.39, 0.29) is 29.1 Å². The van der Waals surface area contributed by atoms with E-state index >= 15 is 0 Å². The molecule has 0 radical (unpaired) electrons. The molecule has 24 heavy (non-hydrogen) atoms. The van der Waals surface area contributed by atoms with Gasteiger partial charge >= 0.3 is 0 Å². The van der Waals surface area contributed by atoms with Gasteiger partial charge in [0, 0.05) is 19.2 Å². The number of rotatable bonds is 5. The van der Waals surface area contributed by atoms with Gasteiger partial charge < -0.3 is 20.5 Å². The van der Waals surface area contributed by atoms with E-state index in [0.29, 0.717) is 12.1 Å². The van der Waals surface area contributed by atoms with Gasteiger partial charge in [0.05, 0.1) is 17.1 Å². The lowest BCUT2D eigenvalue weighted by Crippen LogP contribution is -2.35. The number of carbonyl (C=O) groups excluding carboxylic acids is 1. The number of pyridine rings is 1. The number of allylic oxidation sites excluding steroid dienone is 5. The van der Waals surface area contributed by atoms with Gasteiger partial charge in [-0.25, -0.2) is 0 Å². The van der Waals surface area contributed by atoms with Crippen LogP contribution in [0.2, 0.25) is 0 Å². The Labute approximate surface area is 139 Å². The molecule has 0 fully saturated rings. The minimum absolute atomic E-state index is 0.0120. The summed E-state index contributed by atoms with van der Waals surface area (Å²) in [5.74, 6) is -1.68. The second-order valence-corrected chi connectivity index (χ2v) is 5.29. The van der Waals surface area contributed by atoms with Gasteiger partial charge in [-0.2, -0.15) is 0 Å². The van der Waals surface area contributed by atoms with Crippen molar-refractivity contribution in [1.29, 1.82) is 0 Å². The normalized spacial score (nSPS) is 17.0. The smallest absolute Gasteiger partial charge is 0.255 e. The van der Waals surface area contributed by atoms with Gasteiger partial charge in [-0.1, -0.05) is 30.9 Å². The highest BCUT2D eigenvalue weighted by Gasteiger charge is 2.33. The maximum absolute atomic E-state index is 12.3. The first-order valence-electron chi connectivity index (χ1n) is 7.57. The molecule has 6 heteroatoms. The Kier molecular flexibility index (Phi) is 5.42. The van der Waals surface area contributed by atoms with Crippen molar-refractivity contribution in [2.45, 2.75) is 19.3 Å². The van der Waals surface area contributed by atoms with Crippen molar-refractivity contribution in [3.8, 4) is 5.75 Å². The summed E-state index contributed by atoms with van der Waals surface area (Å²) in [6.45, 7) is 5.68. The highest BCUT2D eigenvalue weighted by Crippen LogP contribution is 2.37. The van der Waals surface area contributed by atoms with E-state index in [1.54, 1.807) is 31.2 Å². The highest BCUT2D eigenvalue weighted by molar-refractivity contribution is 5.97. The summed E-state index contributed by atoms with van der Waals surface area (Å²) in [6.07, 6.45) is 8.22. The van der Waals surface area contributed by atoms with Crippen LogP contribution in [-0.4, -0.2) is 27.6 Å². The van der Waals surface area contributed by atoms with Crippen LogP contribution in [0.25, 0.3) is 0 Å². The number of aliphatic hydroxyl groups excluding tert-OH is 1. The molecule has 1 aliphatic rings. The van der Waals surface area contributed by atoms with Gasteiger partial charge in [0.2, 0.25) is 0 Å². The molecule has 0 spiro atoms. The summed E-state index contributed by atoms with van der Waals surface area (Å²) in [7, 11) is 0. The third kappa shape index (κ3) is 3.32. The summed E-state index contributed by atoms with van der Waals surface area (Å²) in [5.41, 5.74) is 0.138. The van der Waals surface area contributed by atoms with E-state index in [9.17, 15) is 19.8 Å². The van der Waals surface area contributed by atoms with Crippen molar-refractivity contribution >= 4 is 5.91 Å². The number of aromatic amines is 1. The van der Waals surface area contributed by atoms with Crippen LogP contribution >= 0.6 is 0 Å². The lowest BCUT2D eigenvalue weighted by Gasteiger charge is -2.25. The van der Waals surface area contributed by atoms with Crippen LogP contribution in [0.15, 0.2) is 64.8 Å². The SMILES string of the molecule is C=C/C=C\C(=C/C)C(C1=C(O)CCNC1=O)c1c(O)cc[nH]c1=O. The average molecular weight is 328 g/mol.